The summed E-state index contributed by atoms with van der Waals surface area (Å²) in [7, 11) is -1.33. The van der Waals surface area contributed by atoms with Crippen LogP contribution in [0.4, 0.5) is 0 Å². The van der Waals surface area contributed by atoms with Crippen molar-refractivity contribution in [3.8, 4) is 23.3 Å². The number of hydrogen-bond acceptors (Lipinski definition) is 1. The Bertz CT molecular complexity index is 394. The van der Waals surface area contributed by atoms with E-state index >= 15 is 0 Å². The fraction of sp³-hybridized carbons (Fsp3) is 0.722. The summed E-state index contributed by atoms with van der Waals surface area (Å²) in [5.41, 5.74) is 3.47. The lowest BCUT2D eigenvalue weighted by Gasteiger charge is -2.19. The SMILES string of the molecule is CC[Si](C#CC#CCCCCCCCC(=O)O)(CC)CC. The monoisotopic (exact) mass is 306 g/mol. The van der Waals surface area contributed by atoms with E-state index in [1.165, 1.54) is 18.1 Å². The number of carbonyl (C=O) groups is 1. The van der Waals surface area contributed by atoms with Crippen molar-refractivity contribution in [2.45, 2.75) is 83.8 Å². The van der Waals surface area contributed by atoms with Crippen LogP contribution in [0.5, 0.6) is 0 Å². The Morgan fingerprint density at radius 1 is 0.905 bits per heavy atom. The molecule has 0 atom stereocenters. The summed E-state index contributed by atoms with van der Waals surface area (Å²) in [4.78, 5) is 10.3. The minimum Gasteiger partial charge on any atom is -0.481 e. The number of rotatable bonds is 10. The van der Waals surface area contributed by atoms with E-state index in [-0.39, 0.29) is 0 Å². The van der Waals surface area contributed by atoms with Gasteiger partial charge in [-0.25, -0.2) is 0 Å². The van der Waals surface area contributed by atoms with Gasteiger partial charge in [-0.2, -0.15) is 0 Å². The van der Waals surface area contributed by atoms with Crippen LogP contribution in [0.3, 0.4) is 0 Å². The third-order valence-electron chi connectivity index (χ3n) is 4.20. The molecule has 0 spiro atoms. The Balaban J connectivity index is 3.78. The first-order valence-electron chi connectivity index (χ1n) is 8.32. The quantitative estimate of drug-likeness (QED) is 0.356. The summed E-state index contributed by atoms with van der Waals surface area (Å²) < 4.78 is 0. The molecule has 0 aromatic carbocycles. The average molecular weight is 307 g/mol. The Hall–Kier alpha value is -1.19. The molecule has 0 aliphatic rings. The van der Waals surface area contributed by atoms with E-state index in [9.17, 15) is 4.79 Å². The largest absolute Gasteiger partial charge is 0.481 e. The molecule has 0 saturated heterocycles. The third-order valence-corrected chi connectivity index (χ3v) is 8.92. The molecule has 0 aromatic heterocycles. The lowest BCUT2D eigenvalue weighted by molar-refractivity contribution is -0.137. The molecule has 0 aromatic rings. The molecule has 0 amide bonds. The summed E-state index contributed by atoms with van der Waals surface area (Å²) in [6.07, 6.45) is 6.36. The van der Waals surface area contributed by atoms with E-state index in [2.05, 4.69) is 44.1 Å². The van der Waals surface area contributed by atoms with Gasteiger partial charge in [0.2, 0.25) is 0 Å². The van der Waals surface area contributed by atoms with Gasteiger partial charge in [0.25, 0.3) is 0 Å². The van der Waals surface area contributed by atoms with Crippen molar-refractivity contribution in [3.05, 3.63) is 0 Å². The van der Waals surface area contributed by atoms with Crippen LogP contribution in [0.1, 0.15) is 65.7 Å². The highest BCUT2D eigenvalue weighted by atomic mass is 28.3. The first kappa shape index (κ1) is 19.8. The Morgan fingerprint density at radius 2 is 1.48 bits per heavy atom. The van der Waals surface area contributed by atoms with Crippen molar-refractivity contribution in [1.29, 1.82) is 0 Å². The molecule has 3 heteroatoms. The van der Waals surface area contributed by atoms with Gasteiger partial charge in [-0.15, -0.1) is 5.54 Å². The van der Waals surface area contributed by atoms with E-state index in [0.717, 1.165) is 38.5 Å². The van der Waals surface area contributed by atoms with Crippen LogP contribution in [0.2, 0.25) is 18.1 Å². The second-order valence-electron chi connectivity index (χ2n) is 5.55. The maximum atomic E-state index is 10.3. The van der Waals surface area contributed by atoms with Crippen LogP contribution in [0.25, 0.3) is 0 Å². The average Bonchev–Trinajstić information content (AvgIpc) is 2.49. The molecule has 0 rings (SSSR count). The van der Waals surface area contributed by atoms with Gasteiger partial charge in [-0.3, -0.25) is 4.79 Å². The minimum absolute atomic E-state index is 0.299. The van der Waals surface area contributed by atoms with Crippen LogP contribution >= 0.6 is 0 Å². The van der Waals surface area contributed by atoms with E-state index in [1.807, 2.05) is 0 Å². The number of aliphatic carboxylic acids is 1. The fourth-order valence-corrected chi connectivity index (χ4v) is 4.66. The Labute approximate surface area is 131 Å². The highest BCUT2D eigenvalue weighted by molar-refractivity contribution is 6.87. The molecule has 2 nitrogen and oxygen atoms in total. The van der Waals surface area contributed by atoms with Crippen molar-refractivity contribution in [2.75, 3.05) is 0 Å². The van der Waals surface area contributed by atoms with Crippen LogP contribution in [0.15, 0.2) is 0 Å². The number of carboxylic acid groups (broad SMARTS) is 1. The van der Waals surface area contributed by atoms with Crippen molar-refractivity contribution >= 4 is 14.0 Å². The predicted octanol–water partition coefficient (Wildman–Crippen LogP) is 4.86. The summed E-state index contributed by atoms with van der Waals surface area (Å²) in [5.74, 6) is 8.55. The van der Waals surface area contributed by atoms with Crippen molar-refractivity contribution < 1.29 is 9.90 Å². The molecule has 0 heterocycles. The molecule has 0 aliphatic heterocycles. The molecule has 0 fully saturated rings. The van der Waals surface area contributed by atoms with Crippen LogP contribution in [-0.4, -0.2) is 19.1 Å². The van der Waals surface area contributed by atoms with Gasteiger partial charge in [0.1, 0.15) is 8.07 Å². The molecule has 0 saturated carbocycles. The highest BCUT2D eigenvalue weighted by Gasteiger charge is 2.23. The van der Waals surface area contributed by atoms with Gasteiger partial charge in [-0.05, 0) is 42.8 Å². The second-order valence-corrected chi connectivity index (χ2v) is 10.5. The van der Waals surface area contributed by atoms with Crippen molar-refractivity contribution in [2.24, 2.45) is 0 Å². The Kier molecular flexibility index (Phi) is 11.8. The normalized spacial score (nSPS) is 10.2. The van der Waals surface area contributed by atoms with E-state index in [1.54, 1.807) is 0 Å². The zero-order valence-electron chi connectivity index (χ0n) is 13.9. The summed E-state index contributed by atoms with van der Waals surface area (Å²) >= 11 is 0. The summed E-state index contributed by atoms with van der Waals surface area (Å²) in [6.45, 7) is 6.77. The molecular formula is C18H30O2Si. The molecule has 118 valence electrons. The molecule has 0 aliphatic carbocycles. The first-order chi connectivity index (χ1) is 10.1. The highest BCUT2D eigenvalue weighted by Crippen LogP contribution is 2.18. The lowest BCUT2D eigenvalue weighted by atomic mass is 10.1. The third kappa shape index (κ3) is 10.2. The smallest absolute Gasteiger partial charge is 0.303 e. The summed E-state index contributed by atoms with van der Waals surface area (Å²) in [6, 6.07) is 3.68. The number of carboxylic acids is 1. The van der Waals surface area contributed by atoms with Crippen molar-refractivity contribution in [3.63, 3.8) is 0 Å². The maximum absolute atomic E-state index is 10.3. The molecule has 0 unspecified atom stereocenters. The van der Waals surface area contributed by atoms with Gasteiger partial charge in [-0.1, -0.05) is 46.0 Å². The molecule has 21 heavy (non-hydrogen) atoms. The zero-order valence-corrected chi connectivity index (χ0v) is 14.9. The minimum atomic E-state index is -1.33. The first-order valence-corrected chi connectivity index (χ1v) is 10.9. The topological polar surface area (TPSA) is 37.3 Å². The van der Waals surface area contributed by atoms with Gasteiger partial charge < -0.3 is 5.11 Å². The van der Waals surface area contributed by atoms with Crippen LogP contribution in [0, 0.1) is 23.3 Å². The van der Waals surface area contributed by atoms with Crippen LogP contribution in [-0.2, 0) is 4.79 Å². The predicted molar refractivity (Wildman–Crippen MR) is 92.7 cm³/mol. The van der Waals surface area contributed by atoms with Gasteiger partial charge in [0, 0.05) is 12.8 Å². The number of hydrogen-bond donors (Lipinski definition) is 1. The standard InChI is InChI=1S/C18H30O2Si/c1-4-21(5-2,6-3)17-15-13-11-9-7-8-10-12-14-16-18(19)20/h4-10,12,14,16H2,1-3H3,(H,19,20). The van der Waals surface area contributed by atoms with Crippen molar-refractivity contribution in [1.82, 2.24) is 0 Å². The molecule has 0 bridgehead atoms. The second kappa shape index (κ2) is 12.5. The fourth-order valence-electron chi connectivity index (χ4n) is 2.31. The summed E-state index contributed by atoms with van der Waals surface area (Å²) in [5, 5.41) is 8.52. The van der Waals surface area contributed by atoms with E-state index in [0.29, 0.717) is 6.42 Å². The van der Waals surface area contributed by atoms with E-state index < -0.39 is 14.0 Å². The lowest BCUT2D eigenvalue weighted by Crippen LogP contribution is -2.29. The maximum Gasteiger partial charge on any atom is 0.303 e. The molecule has 1 N–H and O–H groups in total. The number of unbranched alkanes of at least 4 members (excludes halogenated alkanes) is 5. The Morgan fingerprint density at radius 3 is 2.05 bits per heavy atom. The molecular weight excluding hydrogens is 276 g/mol. The van der Waals surface area contributed by atoms with Gasteiger partial charge in [0.15, 0.2) is 0 Å². The van der Waals surface area contributed by atoms with E-state index in [4.69, 9.17) is 5.11 Å². The molecule has 0 radical (unpaired) electrons. The van der Waals surface area contributed by atoms with Gasteiger partial charge in [0.05, 0.1) is 0 Å². The van der Waals surface area contributed by atoms with Crippen LogP contribution < -0.4 is 0 Å². The zero-order chi connectivity index (χ0) is 16.0. The van der Waals surface area contributed by atoms with Gasteiger partial charge >= 0.3 is 5.97 Å².